The van der Waals surface area contributed by atoms with Gasteiger partial charge in [-0.05, 0) is 33.7 Å². The predicted molar refractivity (Wildman–Crippen MR) is 80.9 cm³/mol. The molecule has 2 aliphatic rings. The van der Waals surface area contributed by atoms with E-state index in [1.54, 1.807) is 0 Å². The Labute approximate surface area is 120 Å². The van der Waals surface area contributed by atoms with Gasteiger partial charge in [0.15, 0.2) is 0 Å². The fourth-order valence-corrected chi connectivity index (χ4v) is 2.92. The standard InChI is InChI=1S/C14H24N6/c1-9-8-19(3)6-7-20(9)14-10(2)12(18-15)16-13(17-14)11-4-5-11/h9,11H,4-8,15H2,1-3H3,(H,16,17,18). The van der Waals surface area contributed by atoms with Crippen LogP contribution in [0, 0.1) is 6.92 Å². The molecule has 3 N–H and O–H groups in total. The molecule has 1 atom stereocenters. The molecule has 2 fully saturated rings. The number of nitrogen functional groups attached to an aromatic ring is 1. The maximum absolute atomic E-state index is 5.63. The molecule has 0 bridgehead atoms. The highest BCUT2D eigenvalue weighted by Gasteiger charge is 2.31. The maximum atomic E-state index is 5.63. The number of hydrogen-bond acceptors (Lipinski definition) is 6. The molecule has 1 aromatic rings. The minimum Gasteiger partial charge on any atom is -0.351 e. The van der Waals surface area contributed by atoms with Gasteiger partial charge in [-0.1, -0.05) is 0 Å². The van der Waals surface area contributed by atoms with Crippen molar-refractivity contribution in [3.05, 3.63) is 11.4 Å². The lowest BCUT2D eigenvalue weighted by Gasteiger charge is -2.39. The van der Waals surface area contributed by atoms with E-state index in [1.165, 1.54) is 12.8 Å². The van der Waals surface area contributed by atoms with E-state index < -0.39 is 0 Å². The molecule has 1 unspecified atom stereocenters. The largest absolute Gasteiger partial charge is 0.351 e. The van der Waals surface area contributed by atoms with Crippen molar-refractivity contribution < 1.29 is 0 Å². The Bertz CT molecular complexity index is 499. The Morgan fingerprint density at radius 1 is 1.25 bits per heavy atom. The molecule has 0 aromatic carbocycles. The number of rotatable bonds is 3. The van der Waals surface area contributed by atoms with Crippen molar-refractivity contribution in [2.24, 2.45) is 5.84 Å². The van der Waals surface area contributed by atoms with Crippen LogP contribution in [0.2, 0.25) is 0 Å². The topological polar surface area (TPSA) is 70.3 Å². The molecule has 0 amide bonds. The van der Waals surface area contributed by atoms with Gasteiger partial charge < -0.3 is 15.2 Å². The van der Waals surface area contributed by atoms with Crippen molar-refractivity contribution in [1.82, 2.24) is 14.9 Å². The van der Waals surface area contributed by atoms with Crippen molar-refractivity contribution in [2.45, 2.75) is 38.6 Å². The summed E-state index contributed by atoms with van der Waals surface area (Å²) < 4.78 is 0. The molecule has 110 valence electrons. The third-order valence-electron chi connectivity index (χ3n) is 4.32. The van der Waals surface area contributed by atoms with Crippen molar-refractivity contribution in [1.29, 1.82) is 0 Å². The fourth-order valence-electron chi connectivity index (χ4n) is 2.92. The molecule has 1 aromatic heterocycles. The van der Waals surface area contributed by atoms with Crippen LogP contribution in [-0.2, 0) is 0 Å². The van der Waals surface area contributed by atoms with Crippen molar-refractivity contribution in [3.8, 4) is 0 Å². The van der Waals surface area contributed by atoms with Gasteiger partial charge >= 0.3 is 0 Å². The first kappa shape index (κ1) is 13.6. The minimum absolute atomic E-state index is 0.458. The average Bonchev–Trinajstić information content (AvgIpc) is 3.24. The molecular formula is C14H24N6. The lowest BCUT2D eigenvalue weighted by Crippen LogP contribution is -2.51. The molecule has 1 aliphatic carbocycles. The van der Waals surface area contributed by atoms with Gasteiger partial charge in [0.2, 0.25) is 0 Å². The van der Waals surface area contributed by atoms with Crippen LogP contribution < -0.4 is 16.2 Å². The Balaban J connectivity index is 1.96. The van der Waals surface area contributed by atoms with E-state index >= 15 is 0 Å². The van der Waals surface area contributed by atoms with Crippen molar-refractivity contribution in [2.75, 3.05) is 37.0 Å². The van der Waals surface area contributed by atoms with E-state index in [-0.39, 0.29) is 0 Å². The number of aromatic nitrogens is 2. The van der Waals surface area contributed by atoms with Gasteiger partial charge in [0.25, 0.3) is 0 Å². The van der Waals surface area contributed by atoms with Crippen molar-refractivity contribution in [3.63, 3.8) is 0 Å². The van der Waals surface area contributed by atoms with Gasteiger partial charge in [0, 0.05) is 37.2 Å². The fraction of sp³-hybridized carbons (Fsp3) is 0.714. The summed E-state index contributed by atoms with van der Waals surface area (Å²) in [7, 11) is 2.17. The zero-order chi connectivity index (χ0) is 14.3. The molecule has 0 spiro atoms. The normalized spacial score (nSPS) is 24.0. The summed E-state index contributed by atoms with van der Waals surface area (Å²) >= 11 is 0. The Morgan fingerprint density at radius 2 is 2.00 bits per heavy atom. The molecule has 1 aliphatic heterocycles. The number of nitrogens with zero attached hydrogens (tertiary/aromatic N) is 4. The molecule has 3 rings (SSSR count). The van der Waals surface area contributed by atoms with Crippen LogP contribution in [0.4, 0.5) is 11.6 Å². The van der Waals surface area contributed by atoms with E-state index in [1.807, 2.05) is 6.92 Å². The molecular weight excluding hydrogens is 252 g/mol. The van der Waals surface area contributed by atoms with Crippen LogP contribution >= 0.6 is 0 Å². The summed E-state index contributed by atoms with van der Waals surface area (Å²) in [6, 6.07) is 0.458. The van der Waals surface area contributed by atoms with E-state index in [2.05, 4.69) is 34.2 Å². The van der Waals surface area contributed by atoms with Gasteiger partial charge in [-0.15, -0.1) is 0 Å². The zero-order valence-electron chi connectivity index (χ0n) is 12.6. The molecule has 6 heteroatoms. The lowest BCUT2D eigenvalue weighted by molar-refractivity contribution is 0.274. The summed E-state index contributed by atoms with van der Waals surface area (Å²) in [6.07, 6.45) is 2.40. The molecule has 2 heterocycles. The average molecular weight is 276 g/mol. The quantitative estimate of drug-likeness (QED) is 0.636. The summed E-state index contributed by atoms with van der Waals surface area (Å²) in [5.74, 6) is 8.93. The highest BCUT2D eigenvalue weighted by Crippen LogP contribution is 2.40. The number of nitrogens with two attached hydrogens (primary N) is 1. The molecule has 20 heavy (non-hydrogen) atoms. The number of hydrogen-bond donors (Lipinski definition) is 2. The number of likely N-dealkylation sites (N-methyl/N-ethyl adjacent to an activating group) is 1. The van der Waals surface area contributed by atoms with Crippen LogP contribution in [0.5, 0.6) is 0 Å². The van der Waals surface area contributed by atoms with E-state index in [0.717, 1.165) is 42.7 Å². The van der Waals surface area contributed by atoms with Crippen LogP contribution in [0.25, 0.3) is 0 Å². The molecule has 0 radical (unpaired) electrons. The third-order valence-corrected chi connectivity index (χ3v) is 4.32. The number of anilines is 2. The molecule has 1 saturated heterocycles. The summed E-state index contributed by atoms with van der Waals surface area (Å²) in [5, 5.41) is 0. The first-order valence-electron chi connectivity index (χ1n) is 7.40. The second-order valence-electron chi connectivity index (χ2n) is 6.10. The van der Waals surface area contributed by atoms with E-state index in [0.29, 0.717) is 12.0 Å². The minimum atomic E-state index is 0.458. The highest BCUT2D eigenvalue weighted by molar-refractivity contribution is 5.59. The van der Waals surface area contributed by atoms with Gasteiger partial charge in [-0.2, -0.15) is 0 Å². The molecule has 6 nitrogen and oxygen atoms in total. The lowest BCUT2D eigenvalue weighted by atomic mass is 10.1. The summed E-state index contributed by atoms with van der Waals surface area (Å²) in [5.41, 5.74) is 3.78. The van der Waals surface area contributed by atoms with E-state index in [9.17, 15) is 0 Å². The SMILES string of the molecule is Cc1c(NN)nc(C2CC2)nc1N1CCN(C)CC1C. The van der Waals surface area contributed by atoms with Gasteiger partial charge in [0.1, 0.15) is 17.5 Å². The smallest absolute Gasteiger partial charge is 0.148 e. The van der Waals surface area contributed by atoms with Gasteiger partial charge in [-0.25, -0.2) is 15.8 Å². The first-order valence-corrected chi connectivity index (χ1v) is 7.40. The number of piperazine rings is 1. The van der Waals surface area contributed by atoms with Crippen LogP contribution in [0.1, 0.15) is 37.1 Å². The van der Waals surface area contributed by atoms with E-state index in [4.69, 9.17) is 10.8 Å². The second-order valence-corrected chi connectivity index (χ2v) is 6.10. The third kappa shape index (κ3) is 2.45. The monoisotopic (exact) mass is 276 g/mol. The summed E-state index contributed by atoms with van der Waals surface area (Å²) in [6.45, 7) is 7.44. The van der Waals surface area contributed by atoms with Crippen molar-refractivity contribution >= 4 is 11.6 Å². The van der Waals surface area contributed by atoms with Crippen LogP contribution in [-0.4, -0.2) is 47.6 Å². The summed E-state index contributed by atoms with van der Waals surface area (Å²) in [4.78, 5) is 14.2. The van der Waals surface area contributed by atoms with Crippen LogP contribution in [0.3, 0.4) is 0 Å². The Kier molecular flexibility index (Phi) is 3.52. The number of hydrazine groups is 1. The Morgan fingerprint density at radius 3 is 2.60 bits per heavy atom. The van der Waals surface area contributed by atoms with Gasteiger partial charge in [-0.3, -0.25) is 0 Å². The van der Waals surface area contributed by atoms with Gasteiger partial charge in [0.05, 0.1) is 0 Å². The zero-order valence-corrected chi connectivity index (χ0v) is 12.6. The Hall–Kier alpha value is -1.40. The molecule has 1 saturated carbocycles. The number of nitrogens with one attached hydrogen (secondary N) is 1. The first-order chi connectivity index (χ1) is 9.60. The highest BCUT2D eigenvalue weighted by atomic mass is 15.3. The van der Waals surface area contributed by atoms with Crippen LogP contribution in [0.15, 0.2) is 0 Å². The maximum Gasteiger partial charge on any atom is 0.148 e. The second kappa shape index (κ2) is 5.18. The predicted octanol–water partition coefficient (Wildman–Crippen LogP) is 1.09.